The topological polar surface area (TPSA) is 91.1 Å². The Hall–Kier alpha value is -2.93. The Kier molecular flexibility index (Phi) is 7.31. The second kappa shape index (κ2) is 9.68. The van der Waals surface area contributed by atoms with E-state index in [1.54, 1.807) is 7.05 Å². The summed E-state index contributed by atoms with van der Waals surface area (Å²) in [5.74, 6) is 0.226. The van der Waals surface area contributed by atoms with Crippen LogP contribution in [0.1, 0.15) is 10.4 Å². The van der Waals surface area contributed by atoms with Gasteiger partial charge in [0.2, 0.25) is 0 Å². The Balaban J connectivity index is 2.03. The van der Waals surface area contributed by atoms with Crippen molar-refractivity contribution in [2.24, 2.45) is 5.73 Å². The second-order valence-electron chi connectivity index (χ2n) is 5.63. The van der Waals surface area contributed by atoms with Crippen LogP contribution < -0.4 is 19.9 Å². The molecule has 144 valence electrons. The van der Waals surface area contributed by atoms with Crippen LogP contribution in [0.25, 0.3) is 0 Å². The van der Waals surface area contributed by atoms with E-state index in [4.69, 9.17) is 31.5 Å². The van der Waals surface area contributed by atoms with Gasteiger partial charge in [0.1, 0.15) is 12.4 Å². The zero-order valence-electron chi connectivity index (χ0n) is 15.1. The van der Waals surface area contributed by atoms with Crippen LogP contribution in [-0.4, -0.2) is 50.6 Å². The maximum Gasteiger partial charge on any atom is 0.255 e. The Labute approximate surface area is 162 Å². The van der Waals surface area contributed by atoms with Gasteiger partial charge in [0.15, 0.2) is 18.1 Å². The lowest BCUT2D eigenvalue weighted by molar-refractivity contribution is -0.119. The monoisotopic (exact) mass is 392 g/mol. The van der Waals surface area contributed by atoms with Gasteiger partial charge in [-0.05, 0) is 24.3 Å². The van der Waals surface area contributed by atoms with E-state index in [9.17, 15) is 9.59 Å². The van der Waals surface area contributed by atoms with E-state index in [1.165, 1.54) is 24.1 Å². The van der Waals surface area contributed by atoms with Crippen LogP contribution in [0.2, 0.25) is 5.02 Å². The fourth-order valence-electron chi connectivity index (χ4n) is 2.27. The van der Waals surface area contributed by atoms with E-state index in [1.807, 2.05) is 30.3 Å². The molecule has 2 amide bonds. The summed E-state index contributed by atoms with van der Waals surface area (Å²) in [6.45, 7) is 0.380. The summed E-state index contributed by atoms with van der Waals surface area (Å²) in [4.78, 5) is 25.0. The molecule has 0 aliphatic heterocycles. The molecule has 0 fully saturated rings. The lowest BCUT2D eigenvalue weighted by Gasteiger charge is -2.19. The quantitative estimate of drug-likeness (QED) is 0.707. The van der Waals surface area contributed by atoms with Crippen LogP contribution in [0, 0.1) is 0 Å². The molecule has 0 unspecified atom stereocenters. The molecule has 2 aromatic rings. The first-order valence-corrected chi connectivity index (χ1v) is 8.52. The number of rotatable bonds is 9. The molecule has 0 saturated heterocycles. The molecule has 0 aliphatic rings. The maximum atomic E-state index is 12.6. The fourth-order valence-corrected chi connectivity index (χ4v) is 2.53. The molecule has 2 N–H and O–H groups in total. The number of carbonyl (C=O) groups is 2. The van der Waals surface area contributed by atoms with Crippen molar-refractivity contribution in [3.8, 4) is 17.2 Å². The summed E-state index contributed by atoms with van der Waals surface area (Å²) < 4.78 is 16.1. The summed E-state index contributed by atoms with van der Waals surface area (Å²) in [5.41, 5.74) is 5.39. The standard InChI is InChI=1S/C19H21ClN2O5/c1-22(8-9-26-14-6-4-3-5-7-14)19(24)13-10-15(20)18(16(11-13)25-2)27-12-17(21)23/h3-7,10-11H,8-9,12H2,1-2H3,(H2,21,23). The van der Waals surface area contributed by atoms with E-state index >= 15 is 0 Å². The van der Waals surface area contributed by atoms with Crippen molar-refractivity contribution in [2.75, 3.05) is 33.9 Å². The minimum Gasteiger partial charge on any atom is -0.493 e. The fraction of sp³-hybridized carbons (Fsp3) is 0.263. The first-order valence-electron chi connectivity index (χ1n) is 8.14. The molecule has 0 radical (unpaired) electrons. The molecular weight excluding hydrogens is 372 g/mol. The maximum absolute atomic E-state index is 12.6. The molecule has 0 heterocycles. The van der Waals surface area contributed by atoms with Crippen LogP contribution in [-0.2, 0) is 4.79 Å². The number of nitrogens with two attached hydrogens (primary N) is 1. The molecule has 0 spiro atoms. The summed E-state index contributed by atoms with van der Waals surface area (Å²) in [6, 6.07) is 12.3. The normalized spacial score (nSPS) is 10.2. The highest BCUT2D eigenvalue weighted by molar-refractivity contribution is 6.32. The van der Waals surface area contributed by atoms with E-state index in [2.05, 4.69) is 0 Å². The first kappa shape index (κ1) is 20.4. The Morgan fingerprint density at radius 3 is 2.48 bits per heavy atom. The second-order valence-corrected chi connectivity index (χ2v) is 6.04. The van der Waals surface area contributed by atoms with E-state index in [0.717, 1.165) is 5.75 Å². The third kappa shape index (κ3) is 5.79. The van der Waals surface area contributed by atoms with E-state index < -0.39 is 5.91 Å². The average Bonchev–Trinajstić information content (AvgIpc) is 2.66. The Bertz CT molecular complexity index is 798. The van der Waals surface area contributed by atoms with Crippen LogP contribution in [0.3, 0.4) is 0 Å². The summed E-state index contributed by atoms with van der Waals surface area (Å²) in [6.07, 6.45) is 0. The number of hydrogen-bond acceptors (Lipinski definition) is 5. The van der Waals surface area contributed by atoms with Crippen molar-refractivity contribution >= 4 is 23.4 Å². The van der Waals surface area contributed by atoms with Crippen molar-refractivity contribution < 1.29 is 23.8 Å². The van der Waals surface area contributed by atoms with E-state index in [0.29, 0.717) is 18.7 Å². The van der Waals surface area contributed by atoms with Crippen molar-refractivity contribution in [1.82, 2.24) is 4.90 Å². The van der Waals surface area contributed by atoms with Gasteiger partial charge in [0.05, 0.1) is 18.7 Å². The summed E-state index contributed by atoms with van der Waals surface area (Å²) in [5, 5.41) is 0.146. The molecule has 0 saturated carbocycles. The molecule has 8 heteroatoms. The van der Waals surface area contributed by atoms with Gasteiger partial charge in [-0.25, -0.2) is 0 Å². The number of likely N-dealkylation sites (N-methyl/N-ethyl adjacent to an activating group) is 1. The molecule has 0 bridgehead atoms. The number of primary amides is 1. The van der Waals surface area contributed by atoms with Gasteiger partial charge in [-0.3, -0.25) is 9.59 Å². The lowest BCUT2D eigenvalue weighted by atomic mass is 10.1. The van der Waals surface area contributed by atoms with Gasteiger partial charge in [-0.15, -0.1) is 0 Å². The number of para-hydroxylation sites is 1. The smallest absolute Gasteiger partial charge is 0.255 e. The molecule has 2 rings (SSSR count). The van der Waals surface area contributed by atoms with Crippen molar-refractivity contribution in [1.29, 1.82) is 0 Å². The van der Waals surface area contributed by atoms with Crippen LogP contribution >= 0.6 is 11.6 Å². The highest BCUT2D eigenvalue weighted by Gasteiger charge is 2.19. The van der Waals surface area contributed by atoms with Crippen molar-refractivity contribution in [3.05, 3.63) is 53.1 Å². The van der Waals surface area contributed by atoms with Crippen LogP contribution in [0.15, 0.2) is 42.5 Å². The number of amides is 2. The Morgan fingerprint density at radius 1 is 1.15 bits per heavy atom. The van der Waals surface area contributed by atoms with Gasteiger partial charge in [-0.1, -0.05) is 29.8 Å². The van der Waals surface area contributed by atoms with E-state index in [-0.39, 0.29) is 29.0 Å². The van der Waals surface area contributed by atoms with Crippen molar-refractivity contribution in [3.63, 3.8) is 0 Å². The highest BCUT2D eigenvalue weighted by Crippen LogP contribution is 2.36. The third-order valence-corrected chi connectivity index (χ3v) is 3.90. The minimum absolute atomic E-state index is 0.146. The lowest BCUT2D eigenvalue weighted by Crippen LogP contribution is -2.31. The van der Waals surface area contributed by atoms with Gasteiger partial charge in [-0.2, -0.15) is 0 Å². The number of carbonyl (C=O) groups excluding carboxylic acids is 2. The molecule has 0 aromatic heterocycles. The van der Waals surface area contributed by atoms with Crippen LogP contribution in [0.4, 0.5) is 0 Å². The van der Waals surface area contributed by atoms with Gasteiger partial charge in [0, 0.05) is 12.6 Å². The largest absolute Gasteiger partial charge is 0.493 e. The average molecular weight is 393 g/mol. The highest BCUT2D eigenvalue weighted by atomic mass is 35.5. The molecule has 0 atom stereocenters. The molecule has 2 aromatic carbocycles. The number of halogens is 1. The number of benzene rings is 2. The minimum atomic E-state index is -0.647. The zero-order valence-corrected chi connectivity index (χ0v) is 15.9. The first-order chi connectivity index (χ1) is 12.9. The number of nitrogens with zero attached hydrogens (tertiary/aromatic N) is 1. The molecular formula is C19H21ClN2O5. The van der Waals surface area contributed by atoms with Gasteiger partial charge in [0.25, 0.3) is 11.8 Å². The van der Waals surface area contributed by atoms with Gasteiger partial charge >= 0.3 is 0 Å². The zero-order chi connectivity index (χ0) is 19.8. The predicted molar refractivity (Wildman–Crippen MR) is 102 cm³/mol. The number of hydrogen-bond donors (Lipinski definition) is 1. The van der Waals surface area contributed by atoms with Crippen LogP contribution in [0.5, 0.6) is 17.2 Å². The molecule has 7 nitrogen and oxygen atoms in total. The summed E-state index contributed by atoms with van der Waals surface area (Å²) >= 11 is 6.18. The Morgan fingerprint density at radius 2 is 1.85 bits per heavy atom. The van der Waals surface area contributed by atoms with Crippen molar-refractivity contribution in [2.45, 2.75) is 0 Å². The number of methoxy groups -OCH3 is 1. The predicted octanol–water partition coefficient (Wildman–Crippen LogP) is 2.36. The third-order valence-electron chi connectivity index (χ3n) is 3.62. The summed E-state index contributed by atoms with van der Waals surface area (Å²) in [7, 11) is 3.07. The SMILES string of the molecule is COc1cc(C(=O)N(C)CCOc2ccccc2)cc(Cl)c1OCC(N)=O. The molecule has 27 heavy (non-hydrogen) atoms. The van der Waals surface area contributed by atoms with Gasteiger partial charge < -0.3 is 24.8 Å². The number of ether oxygens (including phenoxy) is 3. The molecule has 0 aliphatic carbocycles.